The van der Waals surface area contributed by atoms with E-state index in [4.69, 9.17) is 0 Å². The zero-order chi connectivity index (χ0) is 33.9. The summed E-state index contributed by atoms with van der Waals surface area (Å²) in [5, 5.41) is 19.4. The number of nitrogens with zero attached hydrogens (tertiary/aromatic N) is 2. The molecule has 1 heterocycles. The lowest BCUT2D eigenvalue weighted by Crippen LogP contribution is -1.93. The smallest absolute Gasteiger partial charge is 0.0991 e. The molecule has 0 aliphatic heterocycles. The summed E-state index contributed by atoms with van der Waals surface area (Å²) in [5.41, 5.74) is 11.2. The number of nitriles is 1. The lowest BCUT2D eigenvalue weighted by Gasteiger charge is -2.16. The summed E-state index contributed by atoms with van der Waals surface area (Å²) in [6.45, 7) is 0. The van der Waals surface area contributed by atoms with Crippen molar-refractivity contribution in [2.45, 2.75) is 0 Å². The van der Waals surface area contributed by atoms with Crippen molar-refractivity contribution in [2.24, 2.45) is 0 Å². The van der Waals surface area contributed by atoms with Crippen LogP contribution in [0, 0.1) is 11.3 Å². The molecular formula is C49H30N2. The van der Waals surface area contributed by atoms with Gasteiger partial charge in [0.05, 0.1) is 22.7 Å². The summed E-state index contributed by atoms with van der Waals surface area (Å²) in [7, 11) is 0. The zero-order valence-electron chi connectivity index (χ0n) is 27.7. The van der Waals surface area contributed by atoms with Crippen molar-refractivity contribution in [3.63, 3.8) is 0 Å². The summed E-state index contributed by atoms with van der Waals surface area (Å²) in [4.78, 5) is 0. The number of rotatable bonds is 4. The molecular weight excluding hydrogens is 617 g/mol. The number of hydrogen-bond acceptors (Lipinski definition) is 1. The fraction of sp³-hybridized carbons (Fsp3) is 0. The number of hydrogen-bond donors (Lipinski definition) is 0. The van der Waals surface area contributed by atoms with Crippen LogP contribution in [0.15, 0.2) is 182 Å². The Bertz CT molecular complexity index is 3000. The van der Waals surface area contributed by atoms with E-state index in [1.54, 1.807) is 0 Å². The largest absolute Gasteiger partial charge is 0.309 e. The zero-order valence-corrected chi connectivity index (χ0v) is 27.7. The maximum absolute atomic E-state index is 9.64. The molecule has 0 atom stereocenters. The van der Waals surface area contributed by atoms with Gasteiger partial charge in [-0.25, -0.2) is 0 Å². The minimum atomic E-state index is 0.667. The molecule has 0 saturated carbocycles. The van der Waals surface area contributed by atoms with E-state index in [-0.39, 0.29) is 0 Å². The molecule has 0 amide bonds. The number of aromatic nitrogens is 1. The minimum absolute atomic E-state index is 0.667. The molecule has 0 fully saturated rings. The molecule has 0 aliphatic rings. The minimum Gasteiger partial charge on any atom is -0.309 e. The summed E-state index contributed by atoms with van der Waals surface area (Å²) >= 11 is 0. The molecule has 0 unspecified atom stereocenters. The van der Waals surface area contributed by atoms with E-state index in [2.05, 4.69) is 174 Å². The molecule has 0 bridgehead atoms. The maximum atomic E-state index is 9.64. The molecule has 0 saturated heterocycles. The second-order valence-corrected chi connectivity index (χ2v) is 13.2. The highest BCUT2D eigenvalue weighted by atomic mass is 15.0. The summed E-state index contributed by atoms with van der Waals surface area (Å²) < 4.78 is 2.30. The Morgan fingerprint density at radius 3 is 1.49 bits per heavy atom. The molecule has 9 aromatic carbocycles. The number of fused-ring (bicyclic) bond motifs is 8. The highest BCUT2D eigenvalue weighted by Gasteiger charge is 2.16. The van der Waals surface area contributed by atoms with Crippen LogP contribution in [0.4, 0.5) is 0 Å². The van der Waals surface area contributed by atoms with Gasteiger partial charge in [0, 0.05) is 16.5 Å². The Hall–Kier alpha value is -6.95. The fourth-order valence-corrected chi connectivity index (χ4v) is 8.01. The SMILES string of the molecule is N#Cc1ccc2c(c1)c1ccc(-c3ccc(-c4cc5c6ccccc6c(-c6ccccc6)cc5c5ccccc45)cc3)cc1n2-c1ccccc1. The molecule has 0 aliphatic carbocycles. The summed E-state index contributed by atoms with van der Waals surface area (Å²) in [5.74, 6) is 0. The van der Waals surface area contributed by atoms with Gasteiger partial charge in [-0.1, -0.05) is 133 Å². The monoisotopic (exact) mass is 646 g/mol. The van der Waals surface area contributed by atoms with Gasteiger partial charge in [-0.3, -0.25) is 0 Å². The first-order valence-corrected chi connectivity index (χ1v) is 17.3. The fourth-order valence-electron chi connectivity index (χ4n) is 8.01. The van der Waals surface area contributed by atoms with Crippen molar-refractivity contribution in [3.05, 3.63) is 188 Å². The standard InChI is InChI=1S/C49H30N2/c50-31-32-19-26-48-47(27-32)42-25-24-36(28-49(42)51(48)37-13-5-2-6-14-37)33-20-22-35(23-21-33)44-30-46-40-17-9-7-15-38(40)43(34-11-3-1-4-12-34)29-45(46)41-18-10-8-16-39(41)44/h1-30H. The third-order valence-electron chi connectivity index (χ3n) is 10.4. The van der Waals surface area contributed by atoms with Crippen LogP contribution in [0.1, 0.15) is 5.56 Å². The van der Waals surface area contributed by atoms with Gasteiger partial charge in [0.1, 0.15) is 0 Å². The van der Waals surface area contributed by atoms with Crippen LogP contribution in [-0.2, 0) is 0 Å². The van der Waals surface area contributed by atoms with Crippen molar-refractivity contribution in [1.82, 2.24) is 4.57 Å². The molecule has 236 valence electrons. The van der Waals surface area contributed by atoms with Gasteiger partial charge in [-0.05, 0) is 114 Å². The molecule has 2 heteroatoms. The average Bonchev–Trinajstić information content (AvgIpc) is 3.53. The van der Waals surface area contributed by atoms with E-state index in [9.17, 15) is 5.26 Å². The average molecular weight is 647 g/mol. The maximum Gasteiger partial charge on any atom is 0.0991 e. The van der Waals surface area contributed by atoms with Gasteiger partial charge in [-0.15, -0.1) is 0 Å². The van der Waals surface area contributed by atoms with E-state index in [0.29, 0.717) is 5.56 Å². The van der Waals surface area contributed by atoms with Gasteiger partial charge in [0.25, 0.3) is 0 Å². The van der Waals surface area contributed by atoms with Crippen molar-refractivity contribution >= 4 is 54.1 Å². The molecule has 0 radical (unpaired) electrons. The topological polar surface area (TPSA) is 28.7 Å². The normalized spacial score (nSPS) is 11.5. The highest BCUT2D eigenvalue weighted by Crippen LogP contribution is 2.42. The van der Waals surface area contributed by atoms with E-state index < -0.39 is 0 Å². The Labute approximate surface area is 295 Å². The van der Waals surface area contributed by atoms with Crippen LogP contribution in [0.5, 0.6) is 0 Å². The van der Waals surface area contributed by atoms with Gasteiger partial charge < -0.3 is 4.57 Å². The van der Waals surface area contributed by atoms with Gasteiger partial charge in [-0.2, -0.15) is 5.26 Å². The van der Waals surface area contributed by atoms with E-state index in [0.717, 1.165) is 38.6 Å². The number of benzene rings is 9. The Morgan fingerprint density at radius 1 is 0.333 bits per heavy atom. The third kappa shape index (κ3) is 4.64. The first kappa shape index (κ1) is 29.0. The quantitative estimate of drug-likeness (QED) is 0.175. The second kappa shape index (κ2) is 11.6. The summed E-state index contributed by atoms with van der Waals surface area (Å²) in [6, 6.07) is 67.6. The predicted octanol–water partition coefficient (Wildman–Crippen LogP) is 13.1. The first-order chi connectivity index (χ1) is 25.2. The van der Waals surface area contributed by atoms with Crippen LogP contribution in [0.2, 0.25) is 0 Å². The molecule has 1 aromatic heterocycles. The van der Waals surface area contributed by atoms with Crippen LogP contribution < -0.4 is 0 Å². The Balaban J connectivity index is 1.13. The molecule has 0 N–H and O–H groups in total. The van der Waals surface area contributed by atoms with Crippen LogP contribution in [0.3, 0.4) is 0 Å². The van der Waals surface area contributed by atoms with Crippen molar-refractivity contribution in [2.75, 3.05) is 0 Å². The third-order valence-corrected chi connectivity index (χ3v) is 10.4. The van der Waals surface area contributed by atoms with E-state index in [1.165, 1.54) is 54.6 Å². The molecule has 0 spiro atoms. The Morgan fingerprint density at radius 2 is 0.863 bits per heavy atom. The lowest BCUT2D eigenvalue weighted by atomic mass is 9.87. The van der Waals surface area contributed by atoms with Gasteiger partial charge >= 0.3 is 0 Å². The van der Waals surface area contributed by atoms with Gasteiger partial charge in [0.2, 0.25) is 0 Å². The molecule has 10 rings (SSSR count). The summed E-state index contributed by atoms with van der Waals surface area (Å²) in [6.07, 6.45) is 0. The highest BCUT2D eigenvalue weighted by molar-refractivity contribution is 6.24. The van der Waals surface area contributed by atoms with Gasteiger partial charge in [0.15, 0.2) is 0 Å². The molecule has 2 nitrogen and oxygen atoms in total. The van der Waals surface area contributed by atoms with E-state index >= 15 is 0 Å². The molecule has 10 aromatic rings. The number of para-hydroxylation sites is 1. The van der Waals surface area contributed by atoms with Crippen molar-refractivity contribution < 1.29 is 0 Å². The lowest BCUT2D eigenvalue weighted by molar-refractivity contribution is 1.18. The van der Waals surface area contributed by atoms with E-state index in [1.807, 2.05) is 18.2 Å². The van der Waals surface area contributed by atoms with Crippen LogP contribution in [-0.4, -0.2) is 4.57 Å². The molecule has 51 heavy (non-hydrogen) atoms. The predicted molar refractivity (Wildman–Crippen MR) is 214 cm³/mol. The van der Waals surface area contributed by atoms with Crippen molar-refractivity contribution in [1.29, 1.82) is 5.26 Å². The van der Waals surface area contributed by atoms with Crippen molar-refractivity contribution in [3.8, 4) is 45.1 Å². The second-order valence-electron chi connectivity index (χ2n) is 13.2. The Kier molecular flexibility index (Phi) is 6.59. The van der Waals surface area contributed by atoms with Crippen LogP contribution in [0.25, 0.3) is 93.2 Å². The van der Waals surface area contributed by atoms with Crippen LogP contribution >= 0.6 is 0 Å². The first-order valence-electron chi connectivity index (χ1n) is 17.3.